The summed E-state index contributed by atoms with van der Waals surface area (Å²) in [7, 11) is -4.54. The molecule has 0 aromatic heterocycles. The molecule has 0 heterocycles. The number of aryl methyl sites for hydroxylation is 1. The number of halogens is 2. The largest absolute Gasteiger partial charge is 0.505 e. The van der Waals surface area contributed by atoms with Crippen molar-refractivity contribution < 1.29 is 27.6 Å². The van der Waals surface area contributed by atoms with E-state index in [1.165, 1.54) is 19.1 Å². The van der Waals surface area contributed by atoms with E-state index in [1.54, 1.807) is 42.5 Å². The molecule has 0 atom stereocenters. The van der Waals surface area contributed by atoms with Crippen molar-refractivity contribution in [1.29, 1.82) is 0 Å². The van der Waals surface area contributed by atoms with E-state index in [-0.39, 0.29) is 37.4 Å². The molecule has 0 fully saturated rings. The second-order valence-corrected chi connectivity index (χ2v) is 10.3. The number of rotatable bonds is 7. The minimum Gasteiger partial charge on any atom is -0.505 e. The van der Waals surface area contributed by atoms with Crippen LogP contribution in [0.4, 0.5) is 17.1 Å². The summed E-state index contributed by atoms with van der Waals surface area (Å²) in [5.41, 5.74) is 0.313. The third-order valence-electron chi connectivity index (χ3n) is 5.52. The van der Waals surface area contributed by atoms with Crippen LogP contribution in [0, 0.1) is 6.92 Å². The van der Waals surface area contributed by atoms with Gasteiger partial charge in [0.05, 0.1) is 32.8 Å². The molecule has 0 aliphatic carbocycles. The predicted molar refractivity (Wildman–Crippen MR) is 146 cm³/mol. The van der Waals surface area contributed by atoms with Crippen LogP contribution in [-0.2, 0) is 10.1 Å². The molecule has 3 N–H and O–H groups in total. The lowest BCUT2D eigenvalue weighted by Crippen LogP contribution is -2.12. The number of phenols is 1. The Balaban J connectivity index is 1.77. The molecule has 0 saturated heterocycles. The molecule has 0 radical (unpaired) electrons. The Bertz CT molecular complexity index is 1710. The van der Waals surface area contributed by atoms with Gasteiger partial charge >= 0.3 is 0 Å². The lowest BCUT2D eigenvalue weighted by Gasteiger charge is -2.13. The van der Waals surface area contributed by atoms with Gasteiger partial charge in [-0.2, -0.15) is 8.42 Å². The number of aromatic hydroxyl groups is 1. The van der Waals surface area contributed by atoms with Crippen LogP contribution in [-0.4, -0.2) is 30.6 Å². The molecule has 0 saturated carbocycles. The molecule has 0 spiro atoms. The van der Waals surface area contributed by atoms with Crippen molar-refractivity contribution in [1.82, 2.24) is 0 Å². The minimum atomic E-state index is -4.54. The smallest absolute Gasteiger partial charge is 0.294 e. The number of amides is 1. The number of azo groups is 1. The van der Waals surface area contributed by atoms with E-state index in [0.29, 0.717) is 28.8 Å². The number of nitrogens with zero attached hydrogens (tertiary/aromatic N) is 2. The van der Waals surface area contributed by atoms with E-state index in [9.17, 15) is 22.9 Å². The Labute approximate surface area is 228 Å². The van der Waals surface area contributed by atoms with Gasteiger partial charge in [-0.05, 0) is 55.1 Å². The summed E-state index contributed by atoms with van der Waals surface area (Å²) in [4.78, 5) is 12.8. The van der Waals surface area contributed by atoms with Crippen LogP contribution in [0.2, 0.25) is 10.0 Å². The molecule has 0 bridgehead atoms. The Morgan fingerprint density at radius 1 is 1.03 bits per heavy atom. The van der Waals surface area contributed by atoms with Gasteiger partial charge in [0.2, 0.25) is 0 Å². The number of hydrogen-bond donors (Lipinski definition) is 3. The topological polar surface area (TPSA) is 138 Å². The Morgan fingerprint density at radius 3 is 2.45 bits per heavy atom. The first kappa shape index (κ1) is 27.3. The summed E-state index contributed by atoms with van der Waals surface area (Å²) >= 11 is 12.5. The molecule has 38 heavy (non-hydrogen) atoms. The van der Waals surface area contributed by atoms with Gasteiger partial charge in [-0.3, -0.25) is 9.35 Å². The number of ether oxygens (including phenoxy) is 1. The maximum atomic E-state index is 13.2. The normalized spacial score (nSPS) is 11.7. The fourth-order valence-corrected chi connectivity index (χ4v) is 4.94. The highest BCUT2D eigenvalue weighted by Gasteiger charge is 2.20. The predicted octanol–water partition coefficient (Wildman–Crippen LogP) is 7.47. The zero-order chi connectivity index (χ0) is 27.6. The average molecular weight is 574 g/mol. The van der Waals surface area contributed by atoms with Gasteiger partial charge in [-0.25, -0.2) is 0 Å². The van der Waals surface area contributed by atoms with Crippen LogP contribution in [0.25, 0.3) is 10.8 Å². The summed E-state index contributed by atoms with van der Waals surface area (Å²) in [5, 5.41) is 23.2. The van der Waals surface area contributed by atoms with Gasteiger partial charge in [0.25, 0.3) is 16.0 Å². The van der Waals surface area contributed by atoms with Crippen LogP contribution in [0.3, 0.4) is 0 Å². The fraction of sp³-hybridized carbons (Fsp3) is 0.115. The van der Waals surface area contributed by atoms with E-state index in [4.69, 9.17) is 27.9 Å². The number of carbonyl (C=O) groups excluding carboxylic acids is 1. The first-order valence-corrected chi connectivity index (χ1v) is 13.4. The van der Waals surface area contributed by atoms with E-state index in [1.807, 2.05) is 6.92 Å². The standard InChI is InChI=1S/C26H21Cl2N3O6S/c1-3-37-16-8-9-21(20(28)12-16)29-26(33)18-11-15-6-4-5-7-17(15)24(25(18)32)31-30-22-13-23(38(34,35)36)14(2)10-19(22)27/h4-13,32H,3H2,1-2H3,(H,29,33)(H,34,35,36). The van der Waals surface area contributed by atoms with Crippen molar-refractivity contribution in [3.8, 4) is 11.5 Å². The summed E-state index contributed by atoms with van der Waals surface area (Å²) < 4.78 is 38.3. The quantitative estimate of drug-likeness (QED) is 0.155. The molecule has 196 valence electrons. The lowest BCUT2D eigenvalue weighted by molar-refractivity contribution is 0.102. The zero-order valence-electron chi connectivity index (χ0n) is 20.1. The summed E-state index contributed by atoms with van der Waals surface area (Å²) in [6.45, 7) is 3.75. The van der Waals surface area contributed by atoms with Crippen LogP contribution in [0.5, 0.6) is 11.5 Å². The van der Waals surface area contributed by atoms with E-state index in [0.717, 1.165) is 6.07 Å². The van der Waals surface area contributed by atoms with Crippen molar-refractivity contribution in [2.75, 3.05) is 11.9 Å². The summed E-state index contributed by atoms with van der Waals surface area (Å²) in [5.74, 6) is -0.582. The van der Waals surface area contributed by atoms with Gasteiger partial charge in [0.15, 0.2) is 5.75 Å². The number of benzene rings is 4. The van der Waals surface area contributed by atoms with Crippen molar-refractivity contribution in [3.63, 3.8) is 0 Å². The van der Waals surface area contributed by atoms with Gasteiger partial charge in [0, 0.05) is 11.5 Å². The molecule has 4 aromatic rings. The molecule has 4 aromatic carbocycles. The number of phenolic OH excluding ortho intramolecular Hbond substituents is 1. The SMILES string of the molecule is CCOc1ccc(NC(=O)c2cc3ccccc3c(N=Nc3cc(S(=O)(=O)O)c(C)cc3Cl)c2O)c(Cl)c1. The Kier molecular flexibility index (Phi) is 7.89. The number of nitrogens with one attached hydrogen (secondary N) is 1. The van der Waals surface area contributed by atoms with Gasteiger partial charge < -0.3 is 15.2 Å². The third kappa shape index (κ3) is 5.73. The number of fused-ring (bicyclic) bond motifs is 1. The Morgan fingerprint density at radius 2 is 1.76 bits per heavy atom. The van der Waals surface area contributed by atoms with Crippen LogP contribution in [0.15, 0.2) is 75.8 Å². The van der Waals surface area contributed by atoms with Gasteiger partial charge in [-0.1, -0.05) is 47.5 Å². The van der Waals surface area contributed by atoms with E-state index in [2.05, 4.69) is 15.5 Å². The highest BCUT2D eigenvalue weighted by molar-refractivity contribution is 7.85. The second-order valence-electron chi connectivity index (χ2n) is 8.12. The van der Waals surface area contributed by atoms with E-state index >= 15 is 0 Å². The zero-order valence-corrected chi connectivity index (χ0v) is 22.4. The maximum Gasteiger partial charge on any atom is 0.294 e. The van der Waals surface area contributed by atoms with Crippen molar-refractivity contribution in [2.24, 2.45) is 10.2 Å². The van der Waals surface area contributed by atoms with Gasteiger partial charge in [0.1, 0.15) is 17.1 Å². The van der Waals surface area contributed by atoms with Crippen LogP contribution < -0.4 is 10.1 Å². The van der Waals surface area contributed by atoms with Crippen molar-refractivity contribution in [2.45, 2.75) is 18.7 Å². The minimum absolute atomic E-state index is 0.0453. The fourth-order valence-electron chi connectivity index (χ4n) is 3.74. The maximum absolute atomic E-state index is 13.2. The average Bonchev–Trinajstić information content (AvgIpc) is 2.85. The second kappa shape index (κ2) is 11.0. The molecular weight excluding hydrogens is 553 g/mol. The lowest BCUT2D eigenvalue weighted by atomic mass is 10.0. The molecule has 9 nitrogen and oxygen atoms in total. The van der Waals surface area contributed by atoms with Crippen LogP contribution in [0.1, 0.15) is 22.8 Å². The Hall–Kier alpha value is -3.70. The third-order valence-corrected chi connectivity index (χ3v) is 7.13. The van der Waals surface area contributed by atoms with Crippen molar-refractivity contribution in [3.05, 3.63) is 81.8 Å². The first-order valence-electron chi connectivity index (χ1n) is 11.2. The number of anilines is 1. The monoisotopic (exact) mass is 573 g/mol. The number of hydrogen-bond acceptors (Lipinski definition) is 7. The highest BCUT2D eigenvalue weighted by Crippen LogP contribution is 2.41. The summed E-state index contributed by atoms with van der Waals surface area (Å²) in [6.07, 6.45) is 0. The van der Waals surface area contributed by atoms with E-state index < -0.39 is 21.8 Å². The first-order chi connectivity index (χ1) is 18.0. The number of carbonyl (C=O) groups is 1. The molecule has 4 rings (SSSR count). The molecule has 0 aliphatic rings. The van der Waals surface area contributed by atoms with Crippen molar-refractivity contribution >= 4 is 67.1 Å². The molecule has 12 heteroatoms. The summed E-state index contributed by atoms with van der Waals surface area (Å²) in [6, 6.07) is 15.5. The molecule has 0 unspecified atom stereocenters. The highest BCUT2D eigenvalue weighted by atomic mass is 35.5. The molecule has 0 aliphatic heterocycles. The molecular formula is C26H21Cl2N3O6S. The van der Waals surface area contributed by atoms with Gasteiger partial charge in [-0.15, -0.1) is 10.2 Å². The molecule has 1 amide bonds. The van der Waals surface area contributed by atoms with Crippen LogP contribution >= 0.6 is 23.2 Å².